The maximum atomic E-state index is 11.6. The molecule has 0 saturated heterocycles. The fourth-order valence-corrected chi connectivity index (χ4v) is 1.45. The first-order chi connectivity index (χ1) is 7.63. The molecule has 0 heterocycles. The minimum atomic E-state index is -0.124. The predicted molar refractivity (Wildman–Crippen MR) is 65.0 cm³/mol. The first-order valence-electron chi connectivity index (χ1n) is 5.10. The fraction of sp³-hybridized carbons (Fsp3) is 0.333. The van der Waals surface area contributed by atoms with Gasteiger partial charge in [-0.25, -0.2) is 0 Å². The number of rotatable bonds is 5. The zero-order chi connectivity index (χ0) is 12.0. The number of ketones is 1. The van der Waals surface area contributed by atoms with Crippen molar-refractivity contribution in [3.05, 3.63) is 29.8 Å². The Balaban J connectivity index is 2.63. The molecule has 0 aliphatic heterocycles. The number of amides is 1. The van der Waals surface area contributed by atoms with Crippen LogP contribution in [0.2, 0.25) is 0 Å². The van der Waals surface area contributed by atoms with Gasteiger partial charge in [-0.1, -0.05) is 0 Å². The Morgan fingerprint density at radius 3 is 2.38 bits per heavy atom. The van der Waals surface area contributed by atoms with Crippen molar-refractivity contribution >= 4 is 29.0 Å². The molecule has 0 fully saturated rings. The van der Waals surface area contributed by atoms with Crippen molar-refractivity contribution in [2.75, 3.05) is 11.2 Å². The fourth-order valence-electron chi connectivity index (χ4n) is 1.31. The average molecular weight is 240 g/mol. The number of carbonyl (C=O) groups excluding carboxylic acids is 2. The zero-order valence-electron chi connectivity index (χ0n) is 9.13. The van der Waals surface area contributed by atoms with Gasteiger partial charge in [0.2, 0.25) is 5.91 Å². The van der Waals surface area contributed by atoms with E-state index in [-0.39, 0.29) is 11.7 Å². The summed E-state index contributed by atoms with van der Waals surface area (Å²) in [5, 5.41) is 2.64. The average Bonchev–Trinajstić information content (AvgIpc) is 2.26. The number of Topliss-reactive ketones (excluding diaryl/α,β-unsaturated/α-hetero) is 1. The number of hydrogen-bond acceptors (Lipinski definition) is 2. The van der Waals surface area contributed by atoms with Gasteiger partial charge in [-0.05, 0) is 30.7 Å². The molecule has 0 atom stereocenters. The van der Waals surface area contributed by atoms with Gasteiger partial charge in [-0.2, -0.15) is 0 Å². The minimum Gasteiger partial charge on any atom is -0.326 e. The van der Waals surface area contributed by atoms with Crippen LogP contribution >= 0.6 is 11.6 Å². The van der Waals surface area contributed by atoms with Crippen LogP contribution in [-0.4, -0.2) is 17.6 Å². The highest BCUT2D eigenvalue weighted by molar-refractivity contribution is 6.18. The van der Waals surface area contributed by atoms with Crippen LogP contribution < -0.4 is 5.32 Å². The van der Waals surface area contributed by atoms with Crippen molar-refractivity contribution in [3.8, 4) is 0 Å². The SMILES string of the molecule is CC(=O)Nc1ccc(C(=O)CCCCl)cc1. The van der Waals surface area contributed by atoms with E-state index in [0.717, 1.165) is 0 Å². The molecule has 1 rings (SSSR count). The van der Waals surface area contributed by atoms with E-state index in [0.29, 0.717) is 30.0 Å². The first kappa shape index (κ1) is 12.7. The van der Waals surface area contributed by atoms with Crippen molar-refractivity contribution < 1.29 is 9.59 Å². The van der Waals surface area contributed by atoms with Gasteiger partial charge >= 0.3 is 0 Å². The molecule has 0 aliphatic carbocycles. The van der Waals surface area contributed by atoms with Crippen molar-refractivity contribution in [1.29, 1.82) is 0 Å². The topological polar surface area (TPSA) is 46.2 Å². The van der Waals surface area contributed by atoms with Gasteiger partial charge in [0, 0.05) is 30.5 Å². The molecule has 0 saturated carbocycles. The van der Waals surface area contributed by atoms with Crippen molar-refractivity contribution in [2.24, 2.45) is 0 Å². The number of carbonyl (C=O) groups is 2. The third-order valence-corrected chi connectivity index (χ3v) is 2.33. The quantitative estimate of drug-likeness (QED) is 0.634. The van der Waals surface area contributed by atoms with E-state index in [1.165, 1.54) is 6.92 Å². The van der Waals surface area contributed by atoms with Crippen LogP contribution in [0.15, 0.2) is 24.3 Å². The van der Waals surface area contributed by atoms with Gasteiger partial charge in [0.25, 0.3) is 0 Å². The number of hydrogen-bond donors (Lipinski definition) is 1. The minimum absolute atomic E-state index is 0.0787. The maximum Gasteiger partial charge on any atom is 0.221 e. The molecule has 0 aromatic heterocycles. The summed E-state index contributed by atoms with van der Waals surface area (Å²) in [6, 6.07) is 6.86. The summed E-state index contributed by atoms with van der Waals surface area (Å²) in [4.78, 5) is 22.4. The molecule has 16 heavy (non-hydrogen) atoms. The lowest BCUT2D eigenvalue weighted by molar-refractivity contribution is -0.114. The third-order valence-electron chi connectivity index (χ3n) is 2.06. The smallest absolute Gasteiger partial charge is 0.221 e. The molecule has 86 valence electrons. The van der Waals surface area contributed by atoms with Crippen molar-refractivity contribution in [2.45, 2.75) is 19.8 Å². The summed E-state index contributed by atoms with van der Waals surface area (Å²) >= 11 is 5.52. The van der Waals surface area contributed by atoms with Gasteiger partial charge in [0.05, 0.1) is 0 Å². The molecule has 1 aromatic rings. The second-order valence-corrected chi connectivity index (χ2v) is 3.85. The summed E-state index contributed by atoms with van der Waals surface area (Å²) in [5.74, 6) is 0.451. The summed E-state index contributed by atoms with van der Waals surface area (Å²) in [6.45, 7) is 1.44. The highest BCUT2D eigenvalue weighted by Gasteiger charge is 2.05. The second kappa shape index (κ2) is 6.28. The number of halogens is 1. The van der Waals surface area contributed by atoms with E-state index in [2.05, 4.69) is 5.32 Å². The monoisotopic (exact) mass is 239 g/mol. The van der Waals surface area contributed by atoms with E-state index in [1.807, 2.05) is 0 Å². The second-order valence-electron chi connectivity index (χ2n) is 3.47. The molecule has 3 nitrogen and oxygen atoms in total. The molecular formula is C12H14ClNO2. The number of anilines is 1. The predicted octanol–water partition coefficient (Wildman–Crippen LogP) is 2.85. The summed E-state index contributed by atoms with van der Waals surface area (Å²) in [5.41, 5.74) is 1.35. The van der Waals surface area contributed by atoms with Gasteiger partial charge in [-0.3, -0.25) is 9.59 Å². The highest BCUT2D eigenvalue weighted by atomic mass is 35.5. The Hall–Kier alpha value is -1.35. The molecule has 4 heteroatoms. The summed E-state index contributed by atoms with van der Waals surface area (Å²) in [6.07, 6.45) is 1.15. The summed E-state index contributed by atoms with van der Waals surface area (Å²) in [7, 11) is 0. The van der Waals surface area contributed by atoms with E-state index < -0.39 is 0 Å². The van der Waals surface area contributed by atoms with Crippen LogP contribution in [0.4, 0.5) is 5.69 Å². The molecule has 1 N–H and O–H groups in total. The Morgan fingerprint density at radius 1 is 1.25 bits per heavy atom. The number of benzene rings is 1. The number of nitrogens with one attached hydrogen (secondary N) is 1. The van der Waals surface area contributed by atoms with Crippen LogP contribution in [0.3, 0.4) is 0 Å². The Kier molecular flexibility index (Phi) is 4.99. The molecule has 0 radical (unpaired) electrons. The van der Waals surface area contributed by atoms with Gasteiger partial charge < -0.3 is 5.32 Å². The van der Waals surface area contributed by atoms with E-state index in [1.54, 1.807) is 24.3 Å². The van der Waals surface area contributed by atoms with E-state index in [4.69, 9.17) is 11.6 Å². The largest absolute Gasteiger partial charge is 0.326 e. The third kappa shape index (κ3) is 4.03. The molecule has 0 unspecified atom stereocenters. The van der Waals surface area contributed by atoms with Gasteiger partial charge in [-0.15, -0.1) is 11.6 Å². The van der Waals surface area contributed by atoms with Crippen LogP contribution in [0.5, 0.6) is 0 Å². The Labute approximate surface area is 99.8 Å². The van der Waals surface area contributed by atoms with E-state index >= 15 is 0 Å². The van der Waals surface area contributed by atoms with Gasteiger partial charge in [0.15, 0.2) is 5.78 Å². The van der Waals surface area contributed by atoms with Crippen LogP contribution in [0, 0.1) is 0 Å². The van der Waals surface area contributed by atoms with Crippen molar-refractivity contribution in [1.82, 2.24) is 0 Å². The lowest BCUT2D eigenvalue weighted by Crippen LogP contribution is -2.06. The Morgan fingerprint density at radius 2 is 1.88 bits per heavy atom. The molecular weight excluding hydrogens is 226 g/mol. The molecule has 0 aliphatic rings. The van der Waals surface area contributed by atoms with Crippen LogP contribution in [0.1, 0.15) is 30.1 Å². The Bertz CT molecular complexity index is 373. The van der Waals surface area contributed by atoms with E-state index in [9.17, 15) is 9.59 Å². The normalized spacial score (nSPS) is 9.88. The summed E-state index contributed by atoms with van der Waals surface area (Å²) < 4.78 is 0. The maximum absolute atomic E-state index is 11.6. The molecule has 0 spiro atoms. The van der Waals surface area contributed by atoms with Gasteiger partial charge in [0.1, 0.15) is 0 Å². The highest BCUT2D eigenvalue weighted by Crippen LogP contribution is 2.12. The first-order valence-corrected chi connectivity index (χ1v) is 5.63. The standard InChI is InChI=1S/C12H14ClNO2/c1-9(15)14-11-6-4-10(5-7-11)12(16)3-2-8-13/h4-7H,2-3,8H2,1H3,(H,14,15). The molecule has 1 amide bonds. The molecule has 1 aromatic carbocycles. The van der Waals surface area contributed by atoms with Crippen molar-refractivity contribution in [3.63, 3.8) is 0 Å². The lowest BCUT2D eigenvalue weighted by Gasteiger charge is -2.03. The number of alkyl halides is 1. The lowest BCUT2D eigenvalue weighted by atomic mass is 10.1. The van der Waals surface area contributed by atoms with Crippen LogP contribution in [0.25, 0.3) is 0 Å². The zero-order valence-corrected chi connectivity index (χ0v) is 9.88. The molecule has 0 bridgehead atoms. The van der Waals surface area contributed by atoms with Crippen LogP contribution in [-0.2, 0) is 4.79 Å².